The first-order chi connectivity index (χ1) is 12.3. The second kappa shape index (κ2) is 7.89. The van der Waals surface area contributed by atoms with E-state index in [4.69, 9.17) is 14.7 Å². The Labute approximate surface area is 151 Å². The number of ether oxygens (including phenoxy) is 2. The number of amides is 1. The molecule has 0 saturated carbocycles. The maximum atomic E-state index is 12.6. The summed E-state index contributed by atoms with van der Waals surface area (Å²) in [4.78, 5) is 11.4. The average molecular weight is 378 g/mol. The fourth-order valence-electron chi connectivity index (χ4n) is 2.17. The first-order valence-electron chi connectivity index (χ1n) is 7.31. The summed E-state index contributed by atoms with van der Waals surface area (Å²) < 4.78 is 37.8. The van der Waals surface area contributed by atoms with Crippen LogP contribution in [0.5, 0.6) is 11.5 Å². The molecule has 0 atom stereocenters. The monoisotopic (exact) mass is 378 g/mol. The normalized spacial score (nSPS) is 10.7. The summed E-state index contributed by atoms with van der Waals surface area (Å²) in [7, 11) is -1.05. The highest BCUT2D eigenvalue weighted by atomic mass is 32.2. The van der Waals surface area contributed by atoms with Crippen LogP contribution in [0.4, 0.5) is 5.69 Å². The summed E-state index contributed by atoms with van der Waals surface area (Å²) in [6.07, 6.45) is 0. The van der Waals surface area contributed by atoms with Crippen LogP contribution < -0.4 is 19.7 Å². The number of sulfonamides is 1. The maximum absolute atomic E-state index is 12.6. The zero-order chi connectivity index (χ0) is 19.3. The summed E-state index contributed by atoms with van der Waals surface area (Å²) >= 11 is 0. The molecule has 138 valence electrons. The van der Waals surface area contributed by atoms with Gasteiger partial charge in [0.1, 0.15) is 0 Å². The van der Waals surface area contributed by atoms with E-state index in [0.29, 0.717) is 11.3 Å². The van der Waals surface area contributed by atoms with E-state index >= 15 is 0 Å². The van der Waals surface area contributed by atoms with Crippen molar-refractivity contribution in [2.45, 2.75) is 4.90 Å². The lowest BCUT2D eigenvalue weighted by molar-refractivity contribution is -0.123. The highest BCUT2D eigenvalue weighted by Gasteiger charge is 2.18. The fraction of sp³-hybridized carbons (Fsp3) is 0.118. The van der Waals surface area contributed by atoms with Gasteiger partial charge in [-0.1, -0.05) is 18.7 Å². The lowest BCUT2D eigenvalue weighted by Crippen LogP contribution is -2.19. The highest BCUT2D eigenvalue weighted by molar-refractivity contribution is 7.92. The lowest BCUT2D eigenvalue weighted by atomic mass is 10.1. The molecule has 0 aliphatic carbocycles. The molecule has 3 N–H and O–H groups in total. The Morgan fingerprint density at radius 3 is 2.38 bits per heavy atom. The van der Waals surface area contributed by atoms with Crippen molar-refractivity contribution in [3.8, 4) is 11.5 Å². The Balaban J connectivity index is 2.33. The van der Waals surface area contributed by atoms with Crippen molar-refractivity contribution in [1.82, 2.24) is 5.48 Å². The fourth-order valence-corrected chi connectivity index (χ4v) is 3.23. The van der Waals surface area contributed by atoms with Gasteiger partial charge in [0.2, 0.25) is 0 Å². The van der Waals surface area contributed by atoms with Gasteiger partial charge in [-0.25, -0.2) is 13.9 Å². The second-order valence-corrected chi connectivity index (χ2v) is 6.80. The van der Waals surface area contributed by atoms with Gasteiger partial charge in [-0.15, -0.1) is 0 Å². The SMILES string of the molecule is C=C(C(=O)NO)c1cccc(NS(=O)(=O)c2ccc(OC)c(OC)c2)c1. The van der Waals surface area contributed by atoms with Crippen molar-refractivity contribution in [1.29, 1.82) is 0 Å². The predicted molar refractivity (Wildman–Crippen MR) is 95.8 cm³/mol. The number of carbonyl (C=O) groups excluding carboxylic acids is 1. The van der Waals surface area contributed by atoms with Gasteiger partial charge in [0, 0.05) is 17.3 Å². The molecule has 9 heteroatoms. The Morgan fingerprint density at radius 1 is 1.08 bits per heavy atom. The summed E-state index contributed by atoms with van der Waals surface area (Å²) in [6, 6.07) is 10.3. The molecular formula is C17H18N2O6S. The minimum absolute atomic E-state index is 0.0142. The van der Waals surface area contributed by atoms with Crippen LogP contribution in [0.25, 0.3) is 5.57 Å². The van der Waals surface area contributed by atoms with Crippen molar-refractivity contribution in [2.24, 2.45) is 0 Å². The highest BCUT2D eigenvalue weighted by Crippen LogP contribution is 2.30. The van der Waals surface area contributed by atoms with E-state index in [1.54, 1.807) is 12.1 Å². The van der Waals surface area contributed by atoms with Crippen LogP contribution in [0.3, 0.4) is 0 Å². The molecule has 2 aromatic rings. The number of benzene rings is 2. The molecule has 0 unspecified atom stereocenters. The van der Waals surface area contributed by atoms with E-state index in [1.807, 2.05) is 0 Å². The Morgan fingerprint density at radius 2 is 1.77 bits per heavy atom. The van der Waals surface area contributed by atoms with E-state index in [0.717, 1.165) is 0 Å². The quantitative estimate of drug-likeness (QED) is 0.386. The Hall–Kier alpha value is -3.04. The Kier molecular flexibility index (Phi) is 5.86. The molecule has 0 heterocycles. The average Bonchev–Trinajstić information content (AvgIpc) is 2.65. The van der Waals surface area contributed by atoms with Crippen LogP contribution in [0, 0.1) is 0 Å². The summed E-state index contributed by atoms with van der Waals surface area (Å²) in [5, 5.41) is 8.67. The third-order valence-electron chi connectivity index (χ3n) is 3.50. The van der Waals surface area contributed by atoms with Crippen LogP contribution in [0.15, 0.2) is 53.9 Å². The number of rotatable bonds is 7. The standard InChI is InChI=1S/C17H18N2O6S/c1-11(17(20)18-21)12-5-4-6-13(9-12)19-26(22,23)14-7-8-15(24-2)16(10-14)25-3/h4-10,19,21H,1H2,2-3H3,(H,18,20). The van der Waals surface area contributed by atoms with Crippen LogP contribution >= 0.6 is 0 Å². The summed E-state index contributed by atoms with van der Waals surface area (Å²) in [6.45, 7) is 3.55. The van der Waals surface area contributed by atoms with Crippen molar-refractivity contribution in [3.63, 3.8) is 0 Å². The van der Waals surface area contributed by atoms with Gasteiger partial charge in [-0.05, 0) is 29.8 Å². The molecule has 0 spiro atoms. The minimum Gasteiger partial charge on any atom is -0.493 e. The van der Waals surface area contributed by atoms with Crippen molar-refractivity contribution < 1.29 is 27.9 Å². The first-order valence-corrected chi connectivity index (χ1v) is 8.79. The Bertz CT molecular complexity index is 940. The van der Waals surface area contributed by atoms with Crippen LogP contribution in [0.1, 0.15) is 5.56 Å². The van der Waals surface area contributed by atoms with E-state index in [-0.39, 0.29) is 21.9 Å². The largest absolute Gasteiger partial charge is 0.493 e. The minimum atomic E-state index is -3.90. The second-order valence-electron chi connectivity index (χ2n) is 5.12. The van der Waals surface area contributed by atoms with E-state index < -0.39 is 15.9 Å². The van der Waals surface area contributed by atoms with Crippen molar-refractivity contribution in [3.05, 3.63) is 54.6 Å². The summed E-state index contributed by atoms with van der Waals surface area (Å²) in [5.74, 6) is -0.109. The number of carbonyl (C=O) groups is 1. The number of methoxy groups -OCH3 is 2. The van der Waals surface area contributed by atoms with Gasteiger partial charge in [-0.3, -0.25) is 14.7 Å². The van der Waals surface area contributed by atoms with Gasteiger partial charge in [-0.2, -0.15) is 0 Å². The van der Waals surface area contributed by atoms with Gasteiger partial charge < -0.3 is 9.47 Å². The lowest BCUT2D eigenvalue weighted by Gasteiger charge is -2.12. The smallest absolute Gasteiger partial charge is 0.274 e. The van der Waals surface area contributed by atoms with E-state index in [9.17, 15) is 13.2 Å². The number of nitrogens with one attached hydrogen (secondary N) is 2. The van der Waals surface area contributed by atoms with Gasteiger partial charge in [0.15, 0.2) is 11.5 Å². The number of hydrogen-bond acceptors (Lipinski definition) is 6. The number of anilines is 1. The third-order valence-corrected chi connectivity index (χ3v) is 4.88. The first kappa shape index (κ1) is 19.3. The van der Waals surface area contributed by atoms with Gasteiger partial charge in [0.25, 0.3) is 15.9 Å². The summed E-state index contributed by atoms with van der Waals surface area (Å²) in [5.41, 5.74) is 2.04. The maximum Gasteiger partial charge on any atom is 0.274 e. The molecule has 0 aliphatic rings. The van der Waals surface area contributed by atoms with Crippen LogP contribution in [-0.4, -0.2) is 33.8 Å². The molecule has 26 heavy (non-hydrogen) atoms. The molecule has 0 bridgehead atoms. The number of hydrogen-bond donors (Lipinski definition) is 3. The predicted octanol–water partition coefficient (Wildman–Crippen LogP) is 2.02. The van der Waals surface area contributed by atoms with Gasteiger partial charge >= 0.3 is 0 Å². The van der Waals surface area contributed by atoms with Crippen LogP contribution in [-0.2, 0) is 14.8 Å². The molecule has 8 nitrogen and oxygen atoms in total. The molecule has 0 aliphatic heterocycles. The molecule has 2 aromatic carbocycles. The van der Waals surface area contributed by atoms with E-state index in [2.05, 4.69) is 11.3 Å². The number of hydroxylamine groups is 1. The molecule has 0 radical (unpaired) electrons. The van der Waals surface area contributed by atoms with Crippen LogP contribution in [0.2, 0.25) is 0 Å². The molecule has 0 aromatic heterocycles. The topological polar surface area (TPSA) is 114 Å². The zero-order valence-electron chi connectivity index (χ0n) is 14.1. The molecule has 0 fully saturated rings. The van der Waals surface area contributed by atoms with E-state index in [1.165, 1.54) is 50.0 Å². The molecule has 0 saturated heterocycles. The van der Waals surface area contributed by atoms with Crippen molar-refractivity contribution in [2.75, 3.05) is 18.9 Å². The van der Waals surface area contributed by atoms with Crippen molar-refractivity contribution >= 4 is 27.2 Å². The third kappa shape index (κ3) is 4.13. The molecule has 2 rings (SSSR count). The van der Waals surface area contributed by atoms with Gasteiger partial charge in [0.05, 0.1) is 19.1 Å². The zero-order valence-corrected chi connectivity index (χ0v) is 15.0. The molecule has 1 amide bonds. The molecular weight excluding hydrogens is 360 g/mol.